The summed E-state index contributed by atoms with van der Waals surface area (Å²) in [5, 5.41) is 4.65. The van der Waals surface area contributed by atoms with Crippen LogP contribution in [0.15, 0.2) is 30.0 Å². The van der Waals surface area contributed by atoms with Crippen molar-refractivity contribution < 1.29 is 0 Å². The molecule has 0 bridgehead atoms. The highest BCUT2D eigenvalue weighted by atomic mass is 14.9. The molecule has 1 aromatic carbocycles. The van der Waals surface area contributed by atoms with E-state index in [1.54, 1.807) is 0 Å². The second-order valence-corrected chi connectivity index (χ2v) is 4.82. The highest BCUT2D eigenvalue weighted by Gasteiger charge is 2.11. The third kappa shape index (κ3) is 3.62. The van der Waals surface area contributed by atoms with Gasteiger partial charge in [-0.1, -0.05) is 57.2 Å². The van der Waals surface area contributed by atoms with Gasteiger partial charge in [0, 0.05) is 11.3 Å². The first kappa shape index (κ1) is 12.2. The number of rotatable bonds is 7. The lowest BCUT2D eigenvalue weighted by Gasteiger charge is -2.02. The Morgan fingerprint density at radius 1 is 0.941 bits per heavy atom. The Kier molecular flexibility index (Phi) is 4.66. The monoisotopic (exact) mass is 228 g/mol. The van der Waals surface area contributed by atoms with E-state index in [1.807, 2.05) is 0 Å². The molecule has 1 radical (unpaired) electrons. The van der Waals surface area contributed by atoms with Crippen molar-refractivity contribution in [1.29, 1.82) is 0 Å². The van der Waals surface area contributed by atoms with Crippen molar-refractivity contribution in [2.24, 2.45) is 0 Å². The van der Waals surface area contributed by atoms with Gasteiger partial charge in [-0.2, -0.15) is 0 Å². The van der Waals surface area contributed by atoms with Gasteiger partial charge >= 0.3 is 0 Å². The third-order valence-corrected chi connectivity index (χ3v) is 3.31. The second-order valence-electron chi connectivity index (χ2n) is 4.82. The van der Waals surface area contributed by atoms with Gasteiger partial charge in [0.1, 0.15) is 0 Å². The first-order chi connectivity index (χ1) is 8.40. The molecule has 0 fully saturated rings. The second kappa shape index (κ2) is 6.48. The normalized spacial score (nSPS) is 13.1. The number of hydrogen-bond donors (Lipinski definition) is 0. The number of para-hydroxylation sites is 1. The Hall–Kier alpha value is -1.24. The van der Waals surface area contributed by atoms with E-state index in [-0.39, 0.29) is 0 Å². The fraction of sp³-hybridized carbons (Fsp3) is 0.500. The zero-order valence-electron chi connectivity index (χ0n) is 10.8. The van der Waals surface area contributed by atoms with Crippen LogP contribution in [0.4, 0.5) is 5.69 Å². The fourth-order valence-corrected chi connectivity index (χ4v) is 2.29. The number of nitrogens with zero attached hydrogens (tertiary/aromatic N) is 1. The van der Waals surface area contributed by atoms with E-state index < -0.39 is 0 Å². The van der Waals surface area contributed by atoms with E-state index in [4.69, 9.17) is 0 Å². The van der Waals surface area contributed by atoms with Gasteiger partial charge in [0.2, 0.25) is 0 Å². The summed E-state index contributed by atoms with van der Waals surface area (Å²) in [5.41, 5.74) is 3.70. The molecular weight excluding hydrogens is 206 g/mol. The zero-order valence-corrected chi connectivity index (χ0v) is 10.8. The molecule has 91 valence electrons. The van der Waals surface area contributed by atoms with Gasteiger partial charge < -0.3 is 0 Å². The predicted molar refractivity (Wildman–Crippen MR) is 74.2 cm³/mol. The minimum Gasteiger partial charge on any atom is -0.253 e. The largest absolute Gasteiger partial charge is 0.253 e. The molecule has 1 nitrogen and oxygen atoms in total. The van der Waals surface area contributed by atoms with Crippen LogP contribution in [0.5, 0.6) is 0 Å². The molecular formula is C16H22N. The Morgan fingerprint density at radius 2 is 1.71 bits per heavy atom. The number of allylic oxidation sites excluding steroid dienone is 1. The van der Waals surface area contributed by atoms with Crippen molar-refractivity contribution in [1.82, 2.24) is 5.32 Å². The van der Waals surface area contributed by atoms with Crippen LogP contribution in [0.25, 0.3) is 6.08 Å². The molecule has 0 saturated heterocycles. The number of fused-ring (bicyclic) bond motifs is 1. The maximum atomic E-state index is 4.65. The van der Waals surface area contributed by atoms with Crippen molar-refractivity contribution in [3.8, 4) is 0 Å². The Bertz CT molecular complexity index is 379. The van der Waals surface area contributed by atoms with Gasteiger partial charge in [0.25, 0.3) is 0 Å². The molecule has 0 aromatic heterocycles. The van der Waals surface area contributed by atoms with Gasteiger partial charge in [-0.15, -0.1) is 0 Å². The van der Waals surface area contributed by atoms with Gasteiger partial charge in [0.15, 0.2) is 0 Å². The molecule has 0 spiro atoms. The number of hydrogen-bond acceptors (Lipinski definition) is 0. The molecule has 0 N–H and O–H groups in total. The van der Waals surface area contributed by atoms with Crippen molar-refractivity contribution in [3.05, 3.63) is 35.5 Å². The number of unbranched alkanes of at least 4 members (excludes halogenated alkanes) is 5. The maximum Gasteiger partial charge on any atom is 0.0705 e. The van der Waals surface area contributed by atoms with E-state index >= 15 is 0 Å². The minimum absolute atomic E-state index is 1.14. The van der Waals surface area contributed by atoms with Crippen LogP contribution >= 0.6 is 0 Å². The van der Waals surface area contributed by atoms with Crippen LogP contribution < -0.4 is 5.32 Å². The van der Waals surface area contributed by atoms with Crippen LogP contribution in [-0.4, -0.2) is 0 Å². The summed E-state index contributed by atoms with van der Waals surface area (Å²) in [6.45, 7) is 2.26. The Balaban J connectivity index is 1.66. The lowest BCUT2D eigenvalue weighted by atomic mass is 10.1. The van der Waals surface area contributed by atoms with Crippen LogP contribution in [0.3, 0.4) is 0 Å². The van der Waals surface area contributed by atoms with Crippen molar-refractivity contribution in [3.63, 3.8) is 0 Å². The molecule has 1 aromatic rings. The van der Waals surface area contributed by atoms with E-state index in [2.05, 4.69) is 42.6 Å². The lowest BCUT2D eigenvalue weighted by molar-refractivity contribution is 0.603. The maximum absolute atomic E-state index is 4.65. The van der Waals surface area contributed by atoms with Crippen molar-refractivity contribution in [2.45, 2.75) is 51.9 Å². The molecule has 0 saturated carbocycles. The van der Waals surface area contributed by atoms with Gasteiger partial charge in [0.05, 0.1) is 5.69 Å². The van der Waals surface area contributed by atoms with Crippen LogP contribution in [0.2, 0.25) is 0 Å². The standard InChI is InChI=1S/C16H22N/c1-2-3-4-5-6-7-11-15-13-14-10-8-9-12-16(14)17-15/h8-10,12-13H,2-7,11H2,1H3. The average Bonchev–Trinajstić information content (AvgIpc) is 2.76. The highest BCUT2D eigenvalue weighted by Crippen LogP contribution is 2.29. The summed E-state index contributed by atoms with van der Waals surface area (Å²) in [6.07, 6.45) is 11.5. The molecule has 1 heteroatoms. The molecule has 1 heterocycles. The molecule has 1 aliphatic heterocycles. The van der Waals surface area contributed by atoms with Crippen LogP contribution in [0.1, 0.15) is 57.4 Å². The average molecular weight is 228 g/mol. The third-order valence-electron chi connectivity index (χ3n) is 3.31. The summed E-state index contributed by atoms with van der Waals surface area (Å²) in [6, 6.07) is 8.38. The van der Waals surface area contributed by atoms with Crippen LogP contribution in [0, 0.1) is 0 Å². The van der Waals surface area contributed by atoms with E-state index in [9.17, 15) is 0 Å². The van der Waals surface area contributed by atoms with Crippen molar-refractivity contribution in [2.75, 3.05) is 0 Å². The van der Waals surface area contributed by atoms with Crippen LogP contribution in [-0.2, 0) is 0 Å². The van der Waals surface area contributed by atoms with E-state index in [0.29, 0.717) is 0 Å². The summed E-state index contributed by atoms with van der Waals surface area (Å²) in [7, 11) is 0. The Labute approximate surface area is 105 Å². The van der Waals surface area contributed by atoms with Crippen molar-refractivity contribution >= 4 is 11.8 Å². The molecule has 0 atom stereocenters. The summed E-state index contributed by atoms with van der Waals surface area (Å²) < 4.78 is 0. The predicted octanol–water partition coefficient (Wildman–Crippen LogP) is 5.03. The summed E-state index contributed by atoms with van der Waals surface area (Å²) >= 11 is 0. The molecule has 1 aliphatic rings. The lowest BCUT2D eigenvalue weighted by Crippen LogP contribution is -1.92. The van der Waals surface area contributed by atoms with E-state index in [0.717, 1.165) is 12.1 Å². The highest BCUT2D eigenvalue weighted by molar-refractivity contribution is 5.71. The molecule has 2 rings (SSSR count). The fourth-order valence-electron chi connectivity index (χ4n) is 2.29. The molecule has 17 heavy (non-hydrogen) atoms. The smallest absolute Gasteiger partial charge is 0.0705 e. The zero-order chi connectivity index (χ0) is 11.9. The first-order valence-corrected chi connectivity index (χ1v) is 6.91. The molecule has 0 amide bonds. The minimum atomic E-state index is 1.14. The summed E-state index contributed by atoms with van der Waals surface area (Å²) in [4.78, 5) is 0. The quantitative estimate of drug-likeness (QED) is 0.581. The molecule has 0 aliphatic carbocycles. The first-order valence-electron chi connectivity index (χ1n) is 6.91. The summed E-state index contributed by atoms with van der Waals surface area (Å²) in [5.74, 6) is 0. The van der Waals surface area contributed by atoms with Gasteiger partial charge in [-0.25, -0.2) is 0 Å². The Morgan fingerprint density at radius 3 is 2.53 bits per heavy atom. The van der Waals surface area contributed by atoms with E-state index in [1.165, 1.54) is 49.8 Å². The number of benzene rings is 1. The molecule has 0 unspecified atom stereocenters. The topological polar surface area (TPSA) is 14.1 Å². The van der Waals surface area contributed by atoms with Gasteiger partial charge in [-0.05, 0) is 25.0 Å². The SMILES string of the molecule is CCCCCCCCC1=Cc2ccccc2[N]1. The van der Waals surface area contributed by atoms with Gasteiger partial charge in [-0.3, -0.25) is 5.32 Å².